The summed E-state index contributed by atoms with van der Waals surface area (Å²) in [6, 6.07) is 0.278. The number of nitrogens with one attached hydrogen (secondary N) is 2. The Bertz CT molecular complexity index is 435. The summed E-state index contributed by atoms with van der Waals surface area (Å²) < 4.78 is 0. The van der Waals surface area contributed by atoms with Gasteiger partial charge in [-0.05, 0) is 50.9 Å². The molecule has 1 saturated heterocycles. The molecule has 0 saturated carbocycles. The van der Waals surface area contributed by atoms with E-state index in [2.05, 4.69) is 44.3 Å². The van der Waals surface area contributed by atoms with Gasteiger partial charge in [0.15, 0.2) is 0 Å². The van der Waals surface area contributed by atoms with E-state index in [0.717, 1.165) is 19.5 Å². The summed E-state index contributed by atoms with van der Waals surface area (Å²) in [7, 11) is 0. The van der Waals surface area contributed by atoms with Crippen LogP contribution < -0.4 is 10.6 Å². The molecule has 6 nitrogen and oxygen atoms in total. The third kappa shape index (κ3) is 5.63. The predicted octanol–water partition coefficient (Wildman–Crippen LogP) is 2.63. The molecule has 21 heavy (non-hydrogen) atoms. The molecule has 0 aromatic carbocycles. The van der Waals surface area contributed by atoms with Crippen molar-refractivity contribution in [1.29, 1.82) is 0 Å². The van der Waals surface area contributed by atoms with Gasteiger partial charge in [0, 0.05) is 19.1 Å². The molecule has 2 N–H and O–H groups in total. The highest BCUT2D eigenvalue weighted by molar-refractivity contribution is 6.28. The second-order valence-electron chi connectivity index (χ2n) is 5.59. The van der Waals surface area contributed by atoms with E-state index in [1.807, 2.05) is 0 Å². The number of nitrogens with zero attached hydrogens (tertiary/aromatic N) is 4. The second-order valence-corrected chi connectivity index (χ2v) is 5.92. The van der Waals surface area contributed by atoms with E-state index >= 15 is 0 Å². The summed E-state index contributed by atoms with van der Waals surface area (Å²) in [5.41, 5.74) is 0. The van der Waals surface area contributed by atoms with Crippen LogP contribution in [0.25, 0.3) is 0 Å². The Kier molecular flexibility index (Phi) is 6.45. The fraction of sp³-hybridized carbons (Fsp3) is 0.786. The Morgan fingerprint density at radius 1 is 1.14 bits per heavy atom. The Morgan fingerprint density at radius 2 is 1.86 bits per heavy atom. The molecule has 1 fully saturated rings. The highest BCUT2D eigenvalue weighted by Crippen LogP contribution is 2.13. The Hall–Kier alpha value is -1.14. The number of likely N-dealkylation sites (tertiary alicyclic amines) is 1. The maximum Gasteiger partial charge on any atom is 0.229 e. The maximum absolute atomic E-state index is 5.95. The quantitative estimate of drug-likeness (QED) is 0.807. The molecule has 0 bridgehead atoms. The van der Waals surface area contributed by atoms with Gasteiger partial charge < -0.3 is 15.5 Å². The zero-order chi connectivity index (χ0) is 15.1. The minimum absolute atomic E-state index is 0.219. The van der Waals surface area contributed by atoms with E-state index < -0.39 is 0 Å². The van der Waals surface area contributed by atoms with Crippen LogP contribution in [0.5, 0.6) is 0 Å². The van der Waals surface area contributed by atoms with Crippen molar-refractivity contribution in [1.82, 2.24) is 19.9 Å². The van der Waals surface area contributed by atoms with Gasteiger partial charge in [0.25, 0.3) is 0 Å². The van der Waals surface area contributed by atoms with Crippen LogP contribution in [0.3, 0.4) is 0 Å². The van der Waals surface area contributed by atoms with E-state index in [1.165, 1.54) is 32.4 Å². The molecule has 1 atom stereocenters. The molecule has 7 heteroatoms. The van der Waals surface area contributed by atoms with Gasteiger partial charge >= 0.3 is 0 Å². The number of aromatic nitrogens is 3. The smallest absolute Gasteiger partial charge is 0.229 e. The first kappa shape index (κ1) is 16.2. The number of halogens is 1. The zero-order valence-corrected chi connectivity index (χ0v) is 13.7. The predicted molar refractivity (Wildman–Crippen MR) is 87.0 cm³/mol. The summed E-state index contributed by atoms with van der Waals surface area (Å²) in [6.45, 7) is 8.44. The Balaban J connectivity index is 1.89. The fourth-order valence-corrected chi connectivity index (χ4v) is 2.69. The lowest BCUT2D eigenvalue weighted by molar-refractivity contribution is 0.223. The van der Waals surface area contributed by atoms with Crippen LogP contribution in [0.4, 0.5) is 11.9 Å². The van der Waals surface area contributed by atoms with Crippen LogP contribution in [-0.2, 0) is 0 Å². The molecular formula is C14H25ClN6. The van der Waals surface area contributed by atoms with Gasteiger partial charge in [0.05, 0.1) is 0 Å². The molecule has 1 aromatic heterocycles. The third-order valence-electron chi connectivity index (χ3n) is 3.50. The van der Waals surface area contributed by atoms with Crippen molar-refractivity contribution >= 4 is 23.5 Å². The Labute approximate surface area is 131 Å². The molecule has 1 unspecified atom stereocenters. The number of piperidine rings is 1. The van der Waals surface area contributed by atoms with Gasteiger partial charge in [-0.15, -0.1) is 0 Å². The number of hydrogen-bond donors (Lipinski definition) is 2. The lowest BCUT2D eigenvalue weighted by atomic mass is 10.1. The molecular weight excluding hydrogens is 288 g/mol. The maximum atomic E-state index is 5.95. The van der Waals surface area contributed by atoms with E-state index in [4.69, 9.17) is 11.6 Å². The first-order chi connectivity index (χ1) is 10.2. The number of rotatable bonds is 7. The first-order valence-corrected chi connectivity index (χ1v) is 8.19. The normalized spacial score (nSPS) is 17.5. The van der Waals surface area contributed by atoms with Crippen molar-refractivity contribution in [3.8, 4) is 0 Å². The minimum Gasteiger partial charge on any atom is -0.354 e. The largest absolute Gasteiger partial charge is 0.354 e. The molecule has 1 aliphatic rings. The van der Waals surface area contributed by atoms with E-state index in [-0.39, 0.29) is 11.3 Å². The van der Waals surface area contributed by atoms with E-state index in [9.17, 15) is 0 Å². The van der Waals surface area contributed by atoms with Crippen LogP contribution in [0.1, 0.15) is 39.5 Å². The van der Waals surface area contributed by atoms with E-state index in [1.54, 1.807) is 0 Å². The summed E-state index contributed by atoms with van der Waals surface area (Å²) in [6.07, 6.45) is 4.97. The second kappa shape index (κ2) is 8.34. The van der Waals surface area contributed by atoms with Crippen LogP contribution in [-0.4, -0.2) is 52.1 Å². The summed E-state index contributed by atoms with van der Waals surface area (Å²) >= 11 is 5.95. The Morgan fingerprint density at radius 3 is 2.57 bits per heavy atom. The lowest BCUT2D eigenvalue weighted by Gasteiger charge is -2.29. The van der Waals surface area contributed by atoms with E-state index in [0.29, 0.717) is 11.9 Å². The minimum atomic E-state index is 0.219. The zero-order valence-electron chi connectivity index (χ0n) is 12.9. The molecule has 0 radical (unpaired) electrons. The van der Waals surface area contributed by atoms with Crippen LogP contribution in [0.15, 0.2) is 0 Å². The van der Waals surface area contributed by atoms with Gasteiger partial charge in [-0.3, -0.25) is 0 Å². The molecule has 1 aromatic rings. The number of anilines is 2. The molecule has 118 valence electrons. The summed E-state index contributed by atoms with van der Waals surface area (Å²) in [5, 5.41) is 6.67. The van der Waals surface area contributed by atoms with Crippen molar-refractivity contribution in [2.75, 3.05) is 36.8 Å². The highest BCUT2D eigenvalue weighted by atomic mass is 35.5. The summed E-state index contributed by atoms with van der Waals surface area (Å²) in [4.78, 5) is 15.1. The molecule has 0 spiro atoms. The molecule has 0 aliphatic carbocycles. The molecule has 2 rings (SSSR count). The number of hydrogen-bond acceptors (Lipinski definition) is 6. The SMILES string of the molecule is CCCNc1nc(Cl)nc(NC(C)CN2CCCCC2)n1. The van der Waals surface area contributed by atoms with Crippen LogP contribution in [0, 0.1) is 0 Å². The molecule has 1 aliphatic heterocycles. The monoisotopic (exact) mass is 312 g/mol. The van der Waals surface area contributed by atoms with Gasteiger partial charge in [-0.2, -0.15) is 15.0 Å². The average molecular weight is 313 g/mol. The van der Waals surface area contributed by atoms with Gasteiger partial charge in [-0.25, -0.2) is 0 Å². The molecule has 0 amide bonds. The lowest BCUT2D eigenvalue weighted by Crippen LogP contribution is -2.38. The highest BCUT2D eigenvalue weighted by Gasteiger charge is 2.14. The average Bonchev–Trinajstić information content (AvgIpc) is 2.45. The summed E-state index contributed by atoms with van der Waals surface area (Å²) in [5.74, 6) is 1.07. The van der Waals surface area contributed by atoms with Gasteiger partial charge in [-0.1, -0.05) is 13.3 Å². The van der Waals surface area contributed by atoms with Crippen molar-refractivity contribution in [3.05, 3.63) is 5.28 Å². The standard InChI is InChI=1S/C14H25ClN6/c1-3-7-16-13-18-12(15)19-14(20-13)17-11(2)10-21-8-5-4-6-9-21/h11H,3-10H2,1-2H3,(H2,16,17,18,19,20). The van der Waals surface area contributed by atoms with Crippen molar-refractivity contribution in [2.45, 2.75) is 45.6 Å². The van der Waals surface area contributed by atoms with Crippen molar-refractivity contribution in [2.24, 2.45) is 0 Å². The van der Waals surface area contributed by atoms with Gasteiger partial charge in [0.2, 0.25) is 17.2 Å². The third-order valence-corrected chi connectivity index (χ3v) is 3.67. The van der Waals surface area contributed by atoms with Gasteiger partial charge in [0.1, 0.15) is 0 Å². The topological polar surface area (TPSA) is 66.0 Å². The fourth-order valence-electron chi connectivity index (χ4n) is 2.53. The van der Waals surface area contributed by atoms with Crippen molar-refractivity contribution < 1.29 is 0 Å². The van der Waals surface area contributed by atoms with Crippen molar-refractivity contribution in [3.63, 3.8) is 0 Å². The van der Waals surface area contributed by atoms with Crippen LogP contribution >= 0.6 is 11.6 Å². The molecule has 2 heterocycles. The van der Waals surface area contributed by atoms with Crippen LogP contribution in [0.2, 0.25) is 5.28 Å². The first-order valence-electron chi connectivity index (χ1n) is 7.81.